The highest BCUT2D eigenvalue weighted by molar-refractivity contribution is 4.87. The Morgan fingerprint density at radius 2 is 2.21 bits per heavy atom. The highest BCUT2D eigenvalue weighted by Gasteiger charge is 2.35. The molecule has 1 rings (SSSR count). The van der Waals surface area contributed by atoms with E-state index in [1.165, 1.54) is 12.8 Å². The van der Waals surface area contributed by atoms with Crippen molar-refractivity contribution >= 4 is 0 Å². The molecule has 114 valence electrons. The van der Waals surface area contributed by atoms with Crippen molar-refractivity contribution < 1.29 is 9.47 Å². The molecule has 0 aromatic carbocycles. The molecule has 1 fully saturated rings. The molecule has 1 atom stereocenters. The van der Waals surface area contributed by atoms with Gasteiger partial charge in [-0.05, 0) is 40.3 Å². The molecule has 0 aromatic heterocycles. The van der Waals surface area contributed by atoms with Gasteiger partial charge < -0.3 is 19.7 Å². The van der Waals surface area contributed by atoms with Gasteiger partial charge >= 0.3 is 0 Å². The number of ether oxygens (including phenoxy) is 2. The molecule has 0 radical (unpaired) electrons. The van der Waals surface area contributed by atoms with Gasteiger partial charge in [0.25, 0.3) is 0 Å². The second-order valence-corrected chi connectivity index (χ2v) is 6.14. The van der Waals surface area contributed by atoms with E-state index in [0.717, 1.165) is 46.0 Å². The van der Waals surface area contributed by atoms with Crippen molar-refractivity contribution in [3.63, 3.8) is 0 Å². The fourth-order valence-corrected chi connectivity index (χ4v) is 2.60. The molecular formula is C15H32N2O2. The number of likely N-dealkylation sites (N-methyl/N-ethyl adjacent to an activating group) is 1. The van der Waals surface area contributed by atoms with Gasteiger partial charge in [0.05, 0.1) is 19.3 Å². The molecule has 0 bridgehead atoms. The standard InChI is InChI=1S/C15H32N2O2/c1-5-7-16-11-15(6-9-18-13-15)12-17(4)8-10-19-14(2)3/h14,16H,5-13H2,1-4H3. The Kier molecular flexibility index (Phi) is 7.91. The first kappa shape index (κ1) is 16.9. The zero-order valence-electron chi connectivity index (χ0n) is 13.2. The fourth-order valence-electron chi connectivity index (χ4n) is 2.60. The summed E-state index contributed by atoms with van der Waals surface area (Å²) in [5.74, 6) is 0. The van der Waals surface area contributed by atoms with Gasteiger partial charge in [-0.25, -0.2) is 0 Å². The Labute approximate surface area is 118 Å². The van der Waals surface area contributed by atoms with Gasteiger partial charge in [-0.15, -0.1) is 0 Å². The van der Waals surface area contributed by atoms with Gasteiger partial charge in [-0.3, -0.25) is 0 Å². The maximum atomic E-state index is 5.64. The van der Waals surface area contributed by atoms with Crippen molar-refractivity contribution in [1.29, 1.82) is 0 Å². The Morgan fingerprint density at radius 1 is 1.42 bits per heavy atom. The molecule has 1 N–H and O–H groups in total. The number of hydrogen-bond donors (Lipinski definition) is 1. The zero-order valence-corrected chi connectivity index (χ0v) is 13.2. The molecule has 1 heterocycles. The Hall–Kier alpha value is -0.160. The van der Waals surface area contributed by atoms with Crippen LogP contribution in [-0.2, 0) is 9.47 Å². The Morgan fingerprint density at radius 3 is 2.79 bits per heavy atom. The smallest absolute Gasteiger partial charge is 0.0596 e. The second kappa shape index (κ2) is 8.90. The minimum absolute atomic E-state index is 0.293. The quantitative estimate of drug-likeness (QED) is 0.614. The number of nitrogens with one attached hydrogen (secondary N) is 1. The van der Waals surface area contributed by atoms with Crippen LogP contribution in [0.4, 0.5) is 0 Å². The summed E-state index contributed by atoms with van der Waals surface area (Å²) in [6, 6.07) is 0. The molecule has 4 nitrogen and oxygen atoms in total. The van der Waals surface area contributed by atoms with Crippen LogP contribution in [0.3, 0.4) is 0 Å². The molecule has 0 aliphatic carbocycles. The van der Waals surface area contributed by atoms with E-state index in [4.69, 9.17) is 9.47 Å². The lowest BCUT2D eigenvalue weighted by atomic mass is 9.86. The van der Waals surface area contributed by atoms with Crippen LogP contribution < -0.4 is 5.32 Å². The van der Waals surface area contributed by atoms with Crippen molar-refractivity contribution in [2.45, 2.75) is 39.7 Å². The lowest BCUT2D eigenvalue weighted by Gasteiger charge is -2.32. The van der Waals surface area contributed by atoms with Crippen LogP contribution in [0.1, 0.15) is 33.6 Å². The largest absolute Gasteiger partial charge is 0.381 e. The predicted octanol–water partition coefficient (Wildman–Crippen LogP) is 1.75. The van der Waals surface area contributed by atoms with Crippen molar-refractivity contribution in [3.05, 3.63) is 0 Å². The lowest BCUT2D eigenvalue weighted by Crippen LogP contribution is -2.44. The number of rotatable bonds is 10. The molecule has 1 aliphatic rings. The summed E-state index contributed by atoms with van der Waals surface area (Å²) in [5.41, 5.74) is 0.293. The maximum absolute atomic E-state index is 5.64. The van der Waals surface area contributed by atoms with Gasteiger partial charge in [0, 0.05) is 31.7 Å². The lowest BCUT2D eigenvalue weighted by molar-refractivity contribution is 0.0513. The first-order chi connectivity index (χ1) is 9.08. The van der Waals surface area contributed by atoms with E-state index in [9.17, 15) is 0 Å². The highest BCUT2D eigenvalue weighted by atomic mass is 16.5. The third-order valence-corrected chi connectivity index (χ3v) is 3.64. The Bertz CT molecular complexity index is 228. The Balaban J connectivity index is 2.31. The van der Waals surface area contributed by atoms with Crippen LogP contribution >= 0.6 is 0 Å². The summed E-state index contributed by atoms with van der Waals surface area (Å²) >= 11 is 0. The monoisotopic (exact) mass is 272 g/mol. The molecule has 0 spiro atoms. The van der Waals surface area contributed by atoms with Crippen molar-refractivity contribution in [1.82, 2.24) is 10.2 Å². The van der Waals surface area contributed by atoms with E-state index in [2.05, 4.69) is 38.0 Å². The third-order valence-electron chi connectivity index (χ3n) is 3.64. The second-order valence-electron chi connectivity index (χ2n) is 6.14. The molecule has 4 heteroatoms. The van der Waals surface area contributed by atoms with E-state index in [1.54, 1.807) is 0 Å². The van der Waals surface area contributed by atoms with E-state index >= 15 is 0 Å². The molecule has 0 saturated carbocycles. The summed E-state index contributed by atoms with van der Waals surface area (Å²) < 4.78 is 11.3. The van der Waals surface area contributed by atoms with E-state index in [1.807, 2.05) is 0 Å². The minimum atomic E-state index is 0.293. The van der Waals surface area contributed by atoms with Gasteiger partial charge in [-0.2, -0.15) is 0 Å². The molecule has 1 unspecified atom stereocenters. The predicted molar refractivity (Wildman–Crippen MR) is 79.6 cm³/mol. The van der Waals surface area contributed by atoms with Gasteiger partial charge in [0.1, 0.15) is 0 Å². The topological polar surface area (TPSA) is 33.7 Å². The first-order valence-electron chi connectivity index (χ1n) is 7.66. The SMILES string of the molecule is CCCNCC1(CN(C)CCOC(C)C)CCOC1. The normalized spacial score (nSPS) is 23.7. The van der Waals surface area contributed by atoms with E-state index in [0.29, 0.717) is 11.5 Å². The van der Waals surface area contributed by atoms with Crippen molar-refractivity contribution in [2.24, 2.45) is 5.41 Å². The highest BCUT2D eigenvalue weighted by Crippen LogP contribution is 2.28. The van der Waals surface area contributed by atoms with Crippen molar-refractivity contribution in [3.8, 4) is 0 Å². The first-order valence-corrected chi connectivity index (χ1v) is 7.66. The van der Waals surface area contributed by atoms with Crippen LogP contribution in [0.2, 0.25) is 0 Å². The zero-order chi connectivity index (χ0) is 14.1. The maximum Gasteiger partial charge on any atom is 0.0596 e. The van der Waals surface area contributed by atoms with Crippen LogP contribution in [0, 0.1) is 5.41 Å². The van der Waals surface area contributed by atoms with Gasteiger partial charge in [-0.1, -0.05) is 6.92 Å². The summed E-state index contributed by atoms with van der Waals surface area (Å²) in [4.78, 5) is 2.38. The molecule has 0 amide bonds. The van der Waals surface area contributed by atoms with Gasteiger partial charge in [0.2, 0.25) is 0 Å². The fraction of sp³-hybridized carbons (Fsp3) is 1.00. The average Bonchev–Trinajstić information content (AvgIpc) is 2.77. The van der Waals surface area contributed by atoms with Crippen LogP contribution in [-0.4, -0.2) is 64.1 Å². The average molecular weight is 272 g/mol. The van der Waals surface area contributed by atoms with E-state index in [-0.39, 0.29) is 0 Å². The van der Waals surface area contributed by atoms with Crippen LogP contribution in [0.15, 0.2) is 0 Å². The third kappa shape index (κ3) is 6.70. The molecular weight excluding hydrogens is 240 g/mol. The molecule has 19 heavy (non-hydrogen) atoms. The molecule has 1 aliphatic heterocycles. The van der Waals surface area contributed by atoms with Gasteiger partial charge in [0.15, 0.2) is 0 Å². The van der Waals surface area contributed by atoms with Crippen LogP contribution in [0.5, 0.6) is 0 Å². The molecule has 0 aromatic rings. The number of hydrogen-bond acceptors (Lipinski definition) is 4. The minimum Gasteiger partial charge on any atom is -0.381 e. The molecule has 1 saturated heterocycles. The summed E-state index contributed by atoms with van der Waals surface area (Å²) in [5, 5.41) is 3.56. The summed E-state index contributed by atoms with van der Waals surface area (Å²) in [6.07, 6.45) is 2.68. The van der Waals surface area contributed by atoms with Crippen molar-refractivity contribution in [2.75, 3.05) is 53.0 Å². The number of nitrogens with zero attached hydrogens (tertiary/aromatic N) is 1. The van der Waals surface area contributed by atoms with Crippen LogP contribution in [0.25, 0.3) is 0 Å². The summed E-state index contributed by atoms with van der Waals surface area (Å²) in [7, 11) is 2.18. The summed E-state index contributed by atoms with van der Waals surface area (Å²) in [6.45, 7) is 13.2. The van der Waals surface area contributed by atoms with E-state index < -0.39 is 0 Å².